The molecule has 0 aromatic rings. The second-order valence-electron chi connectivity index (χ2n) is 9.46. The molecule has 180 valence electrons. The van der Waals surface area contributed by atoms with Gasteiger partial charge in [-0.25, -0.2) is 9.59 Å². The summed E-state index contributed by atoms with van der Waals surface area (Å²) in [4.78, 5) is 24.2. The molecule has 0 radical (unpaired) electrons. The molecule has 0 spiro atoms. The summed E-state index contributed by atoms with van der Waals surface area (Å²) in [5.74, 6) is -0.761. The smallest absolute Gasteiger partial charge is 0.331 e. The number of rotatable bonds is 12. The van der Waals surface area contributed by atoms with E-state index < -0.39 is 24.1 Å². The summed E-state index contributed by atoms with van der Waals surface area (Å²) < 4.78 is 16.8. The molecule has 0 bridgehead atoms. The van der Waals surface area contributed by atoms with E-state index in [1.807, 2.05) is 13.8 Å². The quantitative estimate of drug-likeness (QED) is 0.204. The maximum absolute atomic E-state index is 12.4. The minimum Gasteiger partial charge on any atom is -0.455 e. The lowest BCUT2D eigenvalue weighted by Gasteiger charge is -2.32. The Kier molecular flexibility index (Phi) is 9.67. The predicted molar refractivity (Wildman–Crippen MR) is 121 cm³/mol. The number of carbonyl (C=O) groups is 2. The highest BCUT2D eigenvalue weighted by atomic mass is 16.6. The third kappa shape index (κ3) is 7.87. The molecular weight excluding hydrogens is 412 g/mol. The number of aliphatic hydroxyl groups is 2. The van der Waals surface area contributed by atoms with Gasteiger partial charge >= 0.3 is 11.9 Å². The maximum Gasteiger partial charge on any atom is 0.331 e. The van der Waals surface area contributed by atoms with Crippen LogP contribution in [-0.2, 0) is 23.8 Å². The number of aliphatic hydroxyl groups excluding tert-OH is 2. The van der Waals surface area contributed by atoms with Crippen molar-refractivity contribution in [1.82, 2.24) is 0 Å². The van der Waals surface area contributed by atoms with Crippen molar-refractivity contribution in [3.8, 4) is 0 Å². The minimum atomic E-state index is -0.650. The lowest BCUT2D eigenvalue weighted by atomic mass is 9.84. The average Bonchev–Trinajstić information content (AvgIpc) is 3.31. The van der Waals surface area contributed by atoms with Crippen molar-refractivity contribution in [2.24, 2.45) is 17.8 Å². The molecule has 0 amide bonds. The number of allylic oxidation sites excluding steroid dienone is 2. The third-order valence-corrected chi connectivity index (χ3v) is 6.30. The van der Waals surface area contributed by atoms with E-state index in [0.29, 0.717) is 12.3 Å². The highest BCUT2D eigenvalue weighted by Gasteiger charge is 2.49. The van der Waals surface area contributed by atoms with Gasteiger partial charge in [0.25, 0.3) is 0 Å². The van der Waals surface area contributed by atoms with Crippen LogP contribution in [0.15, 0.2) is 36.0 Å². The molecule has 7 nitrogen and oxygen atoms in total. The molecule has 0 aromatic heterocycles. The second-order valence-corrected chi connectivity index (χ2v) is 9.46. The fourth-order valence-electron chi connectivity index (χ4n) is 4.39. The fraction of sp³-hybridized carbons (Fsp3) is 0.680. The SMILES string of the molecule is CC(/C=C/C(=O)O[C@@H]1C=CC(=O)O[C@@H]1[C@@H](C)C[C@@H](C)CC1(C)OC1C)=C\[C@@H](CO)CCO. The van der Waals surface area contributed by atoms with Crippen molar-refractivity contribution in [2.75, 3.05) is 13.2 Å². The number of hydrogen-bond donors (Lipinski definition) is 2. The van der Waals surface area contributed by atoms with Crippen LogP contribution in [0, 0.1) is 17.8 Å². The summed E-state index contributed by atoms with van der Waals surface area (Å²) in [6.07, 6.45) is 8.88. The second kappa shape index (κ2) is 11.8. The zero-order valence-electron chi connectivity index (χ0n) is 19.8. The Labute approximate surface area is 191 Å². The van der Waals surface area contributed by atoms with E-state index >= 15 is 0 Å². The van der Waals surface area contributed by atoms with E-state index in [0.717, 1.165) is 18.4 Å². The molecular formula is C25H38O7. The van der Waals surface area contributed by atoms with Gasteiger partial charge in [0.1, 0.15) is 6.10 Å². The van der Waals surface area contributed by atoms with Crippen LogP contribution in [0.25, 0.3) is 0 Å². The van der Waals surface area contributed by atoms with Crippen molar-refractivity contribution < 1.29 is 34.0 Å². The van der Waals surface area contributed by atoms with E-state index in [1.165, 1.54) is 12.2 Å². The van der Waals surface area contributed by atoms with Gasteiger partial charge in [0.15, 0.2) is 6.10 Å². The van der Waals surface area contributed by atoms with Crippen LogP contribution in [0.5, 0.6) is 0 Å². The van der Waals surface area contributed by atoms with Gasteiger partial charge in [-0.3, -0.25) is 0 Å². The molecule has 0 aromatic carbocycles. The monoisotopic (exact) mass is 450 g/mol. The van der Waals surface area contributed by atoms with Crippen LogP contribution in [0.3, 0.4) is 0 Å². The summed E-state index contributed by atoms with van der Waals surface area (Å²) in [7, 11) is 0. The van der Waals surface area contributed by atoms with Gasteiger partial charge in [-0.05, 0) is 57.9 Å². The summed E-state index contributed by atoms with van der Waals surface area (Å²) in [6, 6.07) is 0. The molecule has 2 unspecified atom stereocenters. The van der Waals surface area contributed by atoms with Crippen molar-refractivity contribution >= 4 is 11.9 Å². The summed E-state index contributed by atoms with van der Waals surface area (Å²) >= 11 is 0. The largest absolute Gasteiger partial charge is 0.455 e. The third-order valence-electron chi connectivity index (χ3n) is 6.30. The Morgan fingerprint density at radius 2 is 2.00 bits per heavy atom. The fourth-order valence-corrected chi connectivity index (χ4v) is 4.39. The number of hydrogen-bond acceptors (Lipinski definition) is 7. The van der Waals surface area contributed by atoms with Gasteiger partial charge in [0.05, 0.1) is 11.7 Å². The minimum absolute atomic E-state index is 0.00348. The van der Waals surface area contributed by atoms with Crippen molar-refractivity contribution in [3.63, 3.8) is 0 Å². The number of cyclic esters (lactones) is 1. The van der Waals surface area contributed by atoms with Gasteiger partial charge in [-0.15, -0.1) is 0 Å². The normalized spacial score (nSPS) is 30.7. The molecule has 2 aliphatic heterocycles. The first-order chi connectivity index (χ1) is 15.1. The maximum atomic E-state index is 12.4. The van der Waals surface area contributed by atoms with Gasteiger partial charge < -0.3 is 24.4 Å². The van der Waals surface area contributed by atoms with Crippen molar-refractivity contribution in [2.45, 2.75) is 77.8 Å². The Bertz CT molecular complexity index is 741. The van der Waals surface area contributed by atoms with Gasteiger partial charge in [0, 0.05) is 31.3 Å². The van der Waals surface area contributed by atoms with Crippen LogP contribution in [0.4, 0.5) is 0 Å². The number of esters is 2. The molecule has 7 heteroatoms. The van der Waals surface area contributed by atoms with Crippen LogP contribution in [0.2, 0.25) is 0 Å². The van der Waals surface area contributed by atoms with E-state index in [1.54, 1.807) is 18.2 Å². The van der Waals surface area contributed by atoms with Gasteiger partial charge in [0.2, 0.25) is 0 Å². The summed E-state index contributed by atoms with van der Waals surface area (Å²) in [5, 5.41) is 18.3. The molecule has 2 N–H and O–H groups in total. The lowest BCUT2D eigenvalue weighted by Crippen LogP contribution is -2.41. The molecule has 2 heterocycles. The molecule has 0 aliphatic carbocycles. The van der Waals surface area contributed by atoms with E-state index in [4.69, 9.17) is 19.3 Å². The molecule has 0 saturated carbocycles. The van der Waals surface area contributed by atoms with E-state index in [9.17, 15) is 14.7 Å². The van der Waals surface area contributed by atoms with E-state index in [2.05, 4.69) is 20.8 Å². The lowest BCUT2D eigenvalue weighted by molar-refractivity contribution is -0.164. The van der Waals surface area contributed by atoms with E-state index in [-0.39, 0.29) is 36.8 Å². The predicted octanol–water partition coefficient (Wildman–Crippen LogP) is 3.10. The average molecular weight is 451 g/mol. The van der Waals surface area contributed by atoms with Gasteiger partial charge in [-0.1, -0.05) is 31.6 Å². The Morgan fingerprint density at radius 3 is 2.59 bits per heavy atom. The number of epoxide rings is 1. The van der Waals surface area contributed by atoms with Crippen molar-refractivity contribution in [1.29, 1.82) is 0 Å². The zero-order valence-corrected chi connectivity index (χ0v) is 19.8. The van der Waals surface area contributed by atoms with Crippen LogP contribution in [0.1, 0.15) is 53.9 Å². The molecule has 2 aliphatic rings. The van der Waals surface area contributed by atoms with Crippen LogP contribution in [-0.4, -0.2) is 59.3 Å². The molecule has 1 fully saturated rings. The Morgan fingerprint density at radius 1 is 1.31 bits per heavy atom. The highest BCUT2D eigenvalue weighted by Crippen LogP contribution is 2.42. The Balaban J connectivity index is 1.95. The first-order valence-corrected chi connectivity index (χ1v) is 11.4. The first-order valence-electron chi connectivity index (χ1n) is 11.4. The van der Waals surface area contributed by atoms with Crippen molar-refractivity contribution in [3.05, 3.63) is 36.0 Å². The summed E-state index contributed by atoms with van der Waals surface area (Å²) in [5.41, 5.74) is 0.708. The topological polar surface area (TPSA) is 106 Å². The highest BCUT2D eigenvalue weighted by molar-refractivity contribution is 5.85. The molecule has 32 heavy (non-hydrogen) atoms. The van der Waals surface area contributed by atoms with Crippen LogP contribution < -0.4 is 0 Å². The zero-order chi connectivity index (χ0) is 23.9. The standard InChI is InChI=1S/C25H38O7/c1-16(13-20(15-27)10-11-26)6-8-22(28)30-21-7-9-23(29)31-24(21)18(3)12-17(2)14-25(5)19(4)32-25/h6-9,13,17-21,24,26-27H,10-12,14-15H2,1-5H3/b8-6+,16-13+/t17-,18+,19?,20+,21-,24-,25?/m1/s1. The van der Waals surface area contributed by atoms with Gasteiger partial charge in [-0.2, -0.15) is 0 Å². The molecule has 7 atom stereocenters. The Hall–Kier alpha value is -1.96. The first kappa shape index (κ1) is 26.3. The number of ether oxygens (including phenoxy) is 3. The molecule has 2 rings (SSSR count). The number of carbonyl (C=O) groups excluding carboxylic acids is 2. The van der Waals surface area contributed by atoms with Crippen LogP contribution >= 0.6 is 0 Å². The summed E-state index contributed by atoms with van der Waals surface area (Å²) in [6.45, 7) is 10.1. The molecule has 1 saturated heterocycles.